The highest BCUT2D eigenvalue weighted by atomic mass is 16.5. The van der Waals surface area contributed by atoms with Gasteiger partial charge in [0.05, 0.1) is 18.7 Å². The van der Waals surface area contributed by atoms with Crippen LogP contribution in [-0.4, -0.2) is 18.0 Å². The van der Waals surface area contributed by atoms with E-state index in [0.717, 1.165) is 0 Å². The minimum Gasteiger partial charge on any atom is -0.431 e. The van der Waals surface area contributed by atoms with Gasteiger partial charge in [0.2, 0.25) is 0 Å². The molecule has 0 spiro atoms. The van der Waals surface area contributed by atoms with Crippen LogP contribution in [0.4, 0.5) is 0 Å². The highest BCUT2D eigenvalue weighted by molar-refractivity contribution is 6.11. The molecule has 0 amide bonds. The summed E-state index contributed by atoms with van der Waals surface area (Å²) in [6.45, 7) is 0. The summed E-state index contributed by atoms with van der Waals surface area (Å²) in [7, 11) is 1.32. The van der Waals surface area contributed by atoms with Crippen molar-refractivity contribution in [1.82, 2.24) is 0 Å². The Morgan fingerprint density at radius 2 is 2.00 bits per heavy atom. The van der Waals surface area contributed by atoms with Crippen LogP contribution in [0.5, 0.6) is 0 Å². The Morgan fingerprint density at radius 3 is 2.41 bits per heavy atom. The average Bonchev–Trinajstić information content (AvgIpc) is 2.41. The van der Waals surface area contributed by atoms with Crippen molar-refractivity contribution in [2.75, 3.05) is 7.11 Å². The lowest BCUT2D eigenvalue weighted by Gasteiger charge is -1.94. The van der Waals surface area contributed by atoms with Crippen molar-refractivity contribution in [1.29, 1.82) is 15.8 Å². The fourth-order valence-corrected chi connectivity index (χ4v) is 0.881. The summed E-state index contributed by atoms with van der Waals surface area (Å²) in [4.78, 5) is 0. The van der Waals surface area contributed by atoms with Crippen LogP contribution in [0.15, 0.2) is 29.4 Å². The third kappa shape index (κ3) is 4.83. The molecule has 84 valence electrons. The number of methoxy groups -OCH3 is 1. The summed E-state index contributed by atoms with van der Waals surface area (Å²) in [6, 6.07) is 9.94. The summed E-state index contributed by atoms with van der Waals surface area (Å²) in [5.41, 5.74) is 0.759. The second-order valence-electron chi connectivity index (χ2n) is 2.55. The zero-order valence-corrected chi connectivity index (χ0v) is 8.95. The zero-order valence-electron chi connectivity index (χ0n) is 8.95. The number of nitriles is 3. The van der Waals surface area contributed by atoms with E-state index < -0.39 is 0 Å². The molecule has 1 rings (SSSR count). The number of benzene rings is 1. The number of oxime groups is 1. The first-order valence-corrected chi connectivity index (χ1v) is 4.28. The Balaban J connectivity index is 0.000000557. The molecule has 0 heterocycles. The third-order valence-electron chi connectivity index (χ3n) is 1.56. The quantitative estimate of drug-likeness (QED) is 0.337. The van der Waals surface area contributed by atoms with E-state index in [1.54, 1.807) is 24.3 Å². The Morgan fingerprint density at radius 1 is 1.35 bits per heavy atom. The molecule has 0 radical (unpaired) electrons. The van der Waals surface area contributed by atoms with Gasteiger partial charge < -0.3 is 9.94 Å². The predicted molar refractivity (Wildman–Crippen MR) is 57.7 cm³/mol. The van der Waals surface area contributed by atoms with Gasteiger partial charge in [-0.3, -0.25) is 0 Å². The number of nitrogens with zero attached hydrogens (tertiary/aromatic N) is 4. The lowest BCUT2D eigenvalue weighted by Crippen LogP contribution is -1.96. The van der Waals surface area contributed by atoms with Crippen LogP contribution in [0.2, 0.25) is 0 Å². The highest BCUT2D eigenvalue weighted by Gasteiger charge is 2.02. The molecule has 0 aliphatic carbocycles. The summed E-state index contributed by atoms with van der Waals surface area (Å²) in [5.74, 6) is 0. The number of rotatable bonds is 1. The molecule has 17 heavy (non-hydrogen) atoms. The van der Waals surface area contributed by atoms with Crippen LogP contribution >= 0.6 is 0 Å². The van der Waals surface area contributed by atoms with Crippen LogP contribution in [-0.2, 0) is 4.74 Å². The Labute approximate surface area is 98.2 Å². The van der Waals surface area contributed by atoms with Crippen molar-refractivity contribution in [3.8, 4) is 18.4 Å². The Kier molecular flexibility index (Phi) is 6.80. The molecular formula is C11H8N4O2. The smallest absolute Gasteiger partial charge is 0.286 e. The normalized spacial score (nSPS) is 8.71. The van der Waals surface area contributed by atoms with Gasteiger partial charge in [0.25, 0.3) is 6.26 Å². The van der Waals surface area contributed by atoms with E-state index in [-0.39, 0.29) is 5.71 Å². The lowest BCUT2D eigenvalue weighted by molar-refractivity contribution is 0.320. The van der Waals surface area contributed by atoms with Gasteiger partial charge in [-0.1, -0.05) is 17.3 Å². The number of hydrogen-bond acceptors (Lipinski definition) is 6. The topological polar surface area (TPSA) is 113 Å². The van der Waals surface area contributed by atoms with Gasteiger partial charge in [0.15, 0.2) is 5.71 Å². The third-order valence-corrected chi connectivity index (χ3v) is 1.56. The second kappa shape index (κ2) is 8.28. The van der Waals surface area contributed by atoms with E-state index in [4.69, 9.17) is 21.0 Å². The summed E-state index contributed by atoms with van der Waals surface area (Å²) < 4.78 is 3.85. The molecule has 0 saturated carbocycles. The average molecular weight is 228 g/mol. The minimum absolute atomic E-state index is 0.0999. The molecule has 1 aromatic carbocycles. The van der Waals surface area contributed by atoms with Crippen molar-refractivity contribution in [2.24, 2.45) is 5.16 Å². The maximum atomic E-state index is 8.55. The van der Waals surface area contributed by atoms with Crippen molar-refractivity contribution in [3.05, 3.63) is 35.4 Å². The fourth-order valence-electron chi connectivity index (χ4n) is 0.881. The van der Waals surface area contributed by atoms with Crippen LogP contribution in [0.1, 0.15) is 11.1 Å². The summed E-state index contributed by atoms with van der Waals surface area (Å²) in [6.07, 6.45) is 1.43. The number of hydrogen-bond donors (Lipinski definition) is 1. The van der Waals surface area contributed by atoms with Crippen LogP contribution in [0.3, 0.4) is 0 Å². The highest BCUT2D eigenvalue weighted by Crippen LogP contribution is 2.05. The van der Waals surface area contributed by atoms with Crippen LogP contribution in [0.25, 0.3) is 0 Å². The molecule has 1 N–H and O–H groups in total. The molecule has 0 saturated heterocycles. The molecule has 0 aliphatic rings. The molecule has 6 heteroatoms. The molecule has 0 aliphatic heterocycles. The SMILES string of the molecule is COC#N.N#CC(=NO)c1cccc(C#N)c1. The van der Waals surface area contributed by atoms with Crippen LogP contribution < -0.4 is 0 Å². The van der Waals surface area contributed by atoms with Gasteiger partial charge in [-0.25, -0.2) is 0 Å². The first-order valence-electron chi connectivity index (χ1n) is 4.28. The maximum absolute atomic E-state index is 8.55. The first-order chi connectivity index (χ1) is 8.23. The molecular weight excluding hydrogens is 220 g/mol. The van der Waals surface area contributed by atoms with Crippen LogP contribution in [0, 0.1) is 34.2 Å². The van der Waals surface area contributed by atoms with E-state index in [9.17, 15) is 0 Å². The molecule has 1 aromatic rings. The van der Waals surface area contributed by atoms with Crippen molar-refractivity contribution >= 4 is 5.71 Å². The lowest BCUT2D eigenvalue weighted by atomic mass is 10.1. The van der Waals surface area contributed by atoms with Gasteiger partial charge in [-0.2, -0.15) is 15.8 Å². The van der Waals surface area contributed by atoms with Crippen molar-refractivity contribution < 1.29 is 9.94 Å². The monoisotopic (exact) mass is 228 g/mol. The summed E-state index contributed by atoms with van der Waals surface area (Å²) in [5, 5.41) is 35.7. The number of ether oxygens (including phenoxy) is 1. The standard InChI is InChI=1S/C9H5N3O.C2H3NO/c10-5-7-2-1-3-8(4-7)9(6-11)12-13;1-4-2-3/h1-4,13H;1H3. The minimum atomic E-state index is -0.0999. The Hall–Kier alpha value is -3.04. The van der Waals surface area contributed by atoms with E-state index in [1.165, 1.54) is 19.4 Å². The van der Waals surface area contributed by atoms with E-state index >= 15 is 0 Å². The molecule has 6 nitrogen and oxygen atoms in total. The summed E-state index contributed by atoms with van der Waals surface area (Å²) >= 11 is 0. The van der Waals surface area contributed by atoms with Gasteiger partial charge in [-0.15, -0.1) is 0 Å². The van der Waals surface area contributed by atoms with Gasteiger partial charge in [-0.05, 0) is 12.1 Å². The zero-order chi connectivity index (χ0) is 13.1. The Bertz CT molecular complexity index is 517. The molecule has 0 unspecified atom stereocenters. The maximum Gasteiger partial charge on any atom is 0.286 e. The largest absolute Gasteiger partial charge is 0.431 e. The first kappa shape index (κ1) is 14.0. The van der Waals surface area contributed by atoms with E-state index in [2.05, 4.69) is 9.89 Å². The molecule has 0 bridgehead atoms. The second-order valence-corrected chi connectivity index (χ2v) is 2.55. The predicted octanol–water partition coefficient (Wildman–Crippen LogP) is 1.37. The van der Waals surface area contributed by atoms with Crippen molar-refractivity contribution in [2.45, 2.75) is 0 Å². The van der Waals surface area contributed by atoms with E-state index in [0.29, 0.717) is 11.1 Å². The van der Waals surface area contributed by atoms with Gasteiger partial charge >= 0.3 is 0 Å². The molecule has 0 aromatic heterocycles. The fraction of sp³-hybridized carbons (Fsp3) is 0.0909. The van der Waals surface area contributed by atoms with Gasteiger partial charge in [0, 0.05) is 5.56 Å². The van der Waals surface area contributed by atoms with Gasteiger partial charge in [0.1, 0.15) is 6.07 Å². The van der Waals surface area contributed by atoms with Crippen molar-refractivity contribution in [3.63, 3.8) is 0 Å². The molecule has 0 atom stereocenters. The molecule has 0 fully saturated rings. The van der Waals surface area contributed by atoms with E-state index in [1.807, 2.05) is 6.07 Å².